The van der Waals surface area contributed by atoms with Crippen LogP contribution in [0, 0.1) is 5.82 Å². The highest BCUT2D eigenvalue weighted by molar-refractivity contribution is 6.04. The summed E-state index contributed by atoms with van der Waals surface area (Å²) in [6.07, 6.45) is 3.92. The molecule has 4 nitrogen and oxygen atoms in total. The number of aromatic nitrogens is 2. The lowest BCUT2D eigenvalue weighted by Crippen LogP contribution is -2.39. The molecule has 2 aromatic carbocycles. The van der Waals surface area contributed by atoms with Gasteiger partial charge >= 0.3 is 0 Å². The van der Waals surface area contributed by atoms with E-state index in [1.165, 1.54) is 12.1 Å². The van der Waals surface area contributed by atoms with Gasteiger partial charge in [-0.3, -0.25) is 14.8 Å². The van der Waals surface area contributed by atoms with Crippen LogP contribution in [0.15, 0.2) is 48.8 Å². The van der Waals surface area contributed by atoms with E-state index in [0.29, 0.717) is 23.1 Å². The van der Waals surface area contributed by atoms with Crippen LogP contribution in [0.1, 0.15) is 34.5 Å². The zero-order valence-corrected chi connectivity index (χ0v) is 13.2. The van der Waals surface area contributed by atoms with E-state index in [2.05, 4.69) is 9.97 Å². The Morgan fingerprint density at radius 3 is 2.92 bits per heavy atom. The van der Waals surface area contributed by atoms with Crippen LogP contribution in [-0.2, 0) is 6.42 Å². The van der Waals surface area contributed by atoms with Crippen molar-refractivity contribution in [3.63, 3.8) is 0 Å². The standard InChI is InChI=1S/C19H16FN3O/c1-12-16-11-14(20)6-5-13(16)7-10-23(12)19(24)15-3-2-4-17-18(15)22-9-8-21-17/h2-6,8-9,11-12H,7,10H2,1H3/t12-/m1/s1. The Bertz CT molecular complexity index is 936. The van der Waals surface area contributed by atoms with E-state index >= 15 is 0 Å². The number of fused-ring (bicyclic) bond motifs is 2. The van der Waals surface area contributed by atoms with Gasteiger partial charge in [-0.15, -0.1) is 0 Å². The van der Waals surface area contributed by atoms with Crippen LogP contribution in [0.2, 0.25) is 0 Å². The van der Waals surface area contributed by atoms with E-state index in [4.69, 9.17) is 0 Å². The van der Waals surface area contributed by atoms with Crippen LogP contribution in [0.3, 0.4) is 0 Å². The molecule has 1 amide bonds. The second-order valence-corrected chi connectivity index (χ2v) is 6.00. The van der Waals surface area contributed by atoms with Crippen molar-refractivity contribution in [3.05, 3.63) is 71.3 Å². The van der Waals surface area contributed by atoms with Crippen LogP contribution in [0.25, 0.3) is 11.0 Å². The highest BCUT2D eigenvalue weighted by Gasteiger charge is 2.29. The molecule has 24 heavy (non-hydrogen) atoms. The second-order valence-electron chi connectivity index (χ2n) is 6.00. The zero-order chi connectivity index (χ0) is 16.7. The van der Waals surface area contributed by atoms with Gasteiger partial charge in [-0.05, 0) is 48.7 Å². The molecular formula is C19H16FN3O. The van der Waals surface area contributed by atoms with Gasteiger partial charge < -0.3 is 4.90 Å². The molecule has 5 heteroatoms. The number of carbonyl (C=O) groups excluding carboxylic acids is 1. The van der Waals surface area contributed by atoms with Crippen molar-refractivity contribution in [1.29, 1.82) is 0 Å². The maximum absolute atomic E-state index is 13.6. The van der Waals surface area contributed by atoms with E-state index in [0.717, 1.165) is 17.5 Å². The van der Waals surface area contributed by atoms with Gasteiger partial charge in [-0.25, -0.2) is 4.39 Å². The third-order valence-electron chi connectivity index (χ3n) is 4.64. The molecule has 0 N–H and O–H groups in total. The van der Waals surface area contributed by atoms with E-state index in [1.54, 1.807) is 23.4 Å². The van der Waals surface area contributed by atoms with Gasteiger partial charge in [0.2, 0.25) is 0 Å². The molecule has 2 heterocycles. The highest BCUT2D eigenvalue weighted by atomic mass is 19.1. The van der Waals surface area contributed by atoms with Gasteiger partial charge in [0.15, 0.2) is 0 Å². The summed E-state index contributed by atoms with van der Waals surface area (Å²) in [6.45, 7) is 2.54. The van der Waals surface area contributed by atoms with E-state index in [-0.39, 0.29) is 17.8 Å². The molecule has 0 saturated heterocycles. The van der Waals surface area contributed by atoms with E-state index in [9.17, 15) is 9.18 Å². The zero-order valence-electron chi connectivity index (χ0n) is 13.2. The number of hydrogen-bond acceptors (Lipinski definition) is 3. The maximum atomic E-state index is 13.6. The molecule has 0 saturated carbocycles. The van der Waals surface area contributed by atoms with Crippen LogP contribution in [-0.4, -0.2) is 27.3 Å². The molecule has 0 aliphatic carbocycles. The largest absolute Gasteiger partial charge is 0.331 e. The van der Waals surface area contributed by atoms with Crippen LogP contribution >= 0.6 is 0 Å². The fourth-order valence-corrected chi connectivity index (χ4v) is 3.38. The number of rotatable bonds is 1. The topological polar surface area (TPSA) is 46.1 Å². The number of benzene rings is 2. The van der Waals surface area contributed by atoms with Crippen LogP contribution in [0.5, 0.6) is 0 Å². The minimum Gasteiger partial charge on any atom is -0.331 e. The van der Waals surface area contributed by atoms with Gasteiger partial charge in [0, 0.05) is 18.9 Å². The molecule has 0 fully saturated rings. The van der Waals surface area contributed by atoms with Gasteiger partial charge in [0.05, 0.1) is 17.1 Å². The summed E-state index contributed by atoms with van der Waals surface area (Å²) in [4.78, 5) is 23.4. The van der Waals surface area contributed by atoms with Crippen molar-refractivity contribution in [2.24, 2.45) is 0 Å². The van der Waals surface area contributed by atoms with Crippen LogP contribution < -0.4 is 0 Å². The first-order chi connectivity index (χ1) is 11.6. The third kappa shape index (κ3) is 2.33. The highest BCUT2D eigenvalue weighted by Crippen LogP contribution is 2.31. The van der Waals surface area contributed by atoms with Crippen molar-refractivity contribution in [2.75, 3.05) is 6.54 Å². The molecule has 120 valence electrons. The van der Waals surface area contributed by atoms with E-state index < -0.39 is 0 Å². The fraction of sp³-hybridized carbons (Fsp3) is 0.211. The second kappa shape index (κ2) is 5.67. The summed E-state index contributed by atoms with van der Waals surface area (Å²) in [6, 6.07) is 10.1. The molecule has 0 spiro atoms. The molecule has 1 aliphatic heterocycles. The maximum Gasteiger partial charge on any atom is 0.256 e. The number of para-hydroxylation sites is 1. The fourth-order valence-electron chi connectivity index (χ4n) is 3.38. The molecule has 0 bridgehead atoms. The Morgan fingerprint density at radius 1 is 1.21 bits per heavy atom. The molecular weight excluding hydrogens is 305 g/mol. The Labute approximate surface area is 139 Å². The Balaban J connectivity index is 1.75. The normalized spacial score (nSPS) is 16.9. The van der Waals surface area contributed by atoms with Crippen molar-refractivity contribution in [3.8, 4) is 0 Å². The Kier molecular flexibility index (Phi) is 3.49. The number of nitrogens with zero attached hydrogens (tertiary/aromatic N) is 3. The molecule has 4 rings (SSSR count). The predicted molar refractivity (Wildman–Crippen MR) is 89.1 cm³/mol. The van der Waals surface area contributed by atoms with Gasteiger partial charge in [-0.2, -0.15) is 0 Å². The number of amides is 1. The lowest BCUT2D eigenvalue weighted by molar-refractivity contribution is 0.0679. The summed E-state index contributed by atoms with van der Waals surface area (Å²) >= 11 is 0. The quantitative estimate of drug-likeness (QED) is 0.689. The molecule has 0 unspecified atom stereocenters. The SMILES string of the molecule is C[C@@H]1c2cc(F)ccc2CCN1C(=O)c1cccc2nccnc12. The minimum absolute atomic E-state index is 0.0940. The van der Waals surface area contributed by atoms with Gasteiger partial charge in [-0.1, -0.05) is 12.1 Å². The Hall–Kier alpha value is -2.82. The van der Waals surface area contributed by atoms with Crippen molar-refractivity contribution in [2.45, 2.75) is 19.4 Å². The van der Waals surface area contributed by atoms with Crippen molar-refractivity contribution >= 4 is 16.9 Å². The lowest BCUT2D eigenvalue weighted by atomic mass is 9.92. The summed E-state index contributed by atoms with van der Waals surface area (Å²) in [5.74, 6) is -0.366. The van der Waals surface area contributed by atoms with Crippen molar-refractivity contribution < 1.29 is 9.18 Å². The molecule has 0 radical (unpaired) electrons. The van der Waals surface area contributed by atoms with Gasteiger partial charge in [0.25, 0.3) is 5.91 Å². The first-order valence-corrected chi connectivity index (χ1v) is 7.94. The number of halogens is 1. The molecule has 1 aromatic heterocycles. The summed E-state index contributed by atoms with van der Waals surface area (Å²) < 4.78 is 13.6. The first-order valence-electron chi connectivity index (χ1n) is 7.94. The average Bonchev–Trinajstić information content (AvgIpc) is 2.61. The minimum atomic E-state index is -0.272. The number of hydrogen-bond donors (Lipinski definition) is 0. The monoisotopic (exact) mass is 321 g/mol. The first kappa shape index (κ1) is 14.8. The summed E-state index contributed by atoms with van der Waals surface area (Å²) in [5.41, 5.74) is 3.81. The Morgan fingerprint density at radius 2 is 2.04 bits per heavy atom. The smallest absolute Gasteiger partial charge is 0.256 e. The average molecular weight is 321 g/mol. The molecule has 1 atom stereocenters. The van der Waals surface area contributed by atoms with E-state index in [1.807, 2.05) is 25.1 Å². The van der Waals surface area contributed by atoms with Gasteiger partial charge in [0.1, 0.15) is 11.3 Å². The molecule has 1 aliphatic rings. The summed E-state index contributed by atoms with van der Waals surface area (Å²) in [5, 5.41) is 0. The lowest BCUT2D eigenvalue weighted by Gasteiger charge is -2.35. The predicted octanol–water partition coefficient (Wildman–Crippen LogP) is 3.53. The van der Waals surface area contributed by atoms with Crippen molar-refractivity contribution in [1.82, 2.24) is 14.9 Å². The third-order valence-corrected chi connectivity index (χ3v) is 4.64. The molecule has 3 aromatic rings. The number of carbonyl (C=O) groups is 1. The van der Waals surface area contributed by atoms with Crippen LogP contribution in [0.4, 0.5) is 4.39 Å². The summed E-state index contributed by atoms with van der Waals surface area (Å²) in [7, 11) is 0.